The molecule has 0 aliphatic heterocycles. The highest BCUT2D eigenvalue weighted by atomic mass is 15.3. The topological polar surface area (TPSA) is 75.9 Å². The summed E-state index contributed by atoms with van der Waals surface area (Å²) in [7, 11) is 0. The number of hydrazine groups is 1. The van der Waals surface area contributed by atoms with Crippen LogP contribution < -0.4 is 16.6 Å². The lowest BCUT2D eigenvalue weighted by Gasteiger charge is -2.25. The Morgan fingerprint density at radius 2 is 1.76 bits per heavy atom. The first kappa shape index (κ1) is 16.0. The van der Waals surface area contributed by atoms with E-state index in [0.29, 0.717) is 17.8 Å². The Morgan fingerprint density at radius 1 is 1.10 bits per heavy atom. The molecule has 1 aliphatic rings. The molecule has 0 spiro atoms. The first-order valence-corrected chi connectivity index (χ1v) is 8.03. The molecule has 1 heterocycles. The van der Waals surface area contributed by atoms with Crippen LogP contribution in [0.4, 0.5) is 11.6 Å². The van der Waals surface area contributed by atoms with E-state index in [-0.39, 0.29) is 5.41 Å². The van der Waals surface area contributed by atoms with Crippen molar-refractivity contribution in [3.8, 4) is 0 Å². The van der Waals surface area contributed by atoms with Gasteiger partial charge in [0.1, 0.15) is 17.5 Å². The SMILES string of the molecule is CC1CCCCCC1Nc1cc(NN)nc(C(C)(C)C)n1. The summed E-state index contributed by atoms with van der Waals surface area (Å²) in [5.74, 6) is 8.57. The number of nitrogen functional groups attached to an aromatic ring is 1. The van der Waals surface area contributed by atoms with Crippen molar-refractivity contribution in [1.82, 2.24) is 9.97 Å². The van der Waals surface area contributed by atoms with Gasteiger partial charge in [0.2, 0.25) is 0 Å². The molecule has 1 saturated carbocycles. The van der Waals surface area contributed by atoms with Gasteiger partial charge in [-0.15, -0.1) is 0 Å². The number of rotatable bonds is 3. The zero-order chi connectivity index (χ0) is 15.5. The maximum absolute atomic E-state index is 5.55. The maximum Gasteiger partial charge on any atom is 0.145 e. The second-order valence-corrected chi connectivity index (χ2v) is 7.22. The third-order valence-electron chi connectivity index (χ3n) is 4.24. The fourth-order valence-corrected chi connectivity index (χ4v) is 2.83. The van der Waals surface area contributed by atoms with Crippen LogP contribution in [0.1, 0.15) is 65.6 Å². The van der Waals surface area contributed by atoms with Gasteiger partial charge in [-0.05, 0) is 18.8 Å². The van der Waals surface area contributed by atoms with Crippen LogP contribution in [0.3, 0.4) is 0 Å². The van der Waals surface area contributed by atoms with Crippen LogP contribution >= 0.6 is 0 Å². The van der Waals surface area contributed by atoms with Crippen molar-refractivity contribution in [2.45, 2.75) is 71.3 Å². The fourth-order valence-electron chi connectivity index (χ4n) is 2.83. The van der Waals surface area contributed by atoms with Gasteiger partial charge < -0.3 is 10.7 Å². The lowest BCUT2D eigenvalue weighted by Crippen LogP contribution is -2.28. The molecule has 4 N–H and O–H groups in total. The molecule has 2 unspecified atom stereocenters. The summed E-state index contributed by atoms with van der Waals surface area (Å²) in [6.45, 7) is 8.67. The summed E-state index contributed by atoms with van der Waals surface area (Å²) < 4.78 is 0. The van der Waals surface area contributed by atoms with Gasteiger partial charge in [0.25, 0.3) is 0 Å². The zero-order valence-electron chi connectivity index (χ0n) is 13.7. The Morgan fingerprint density at radius 3 is 2.43 bits per heavy atom. The summed E-state index contributed by atoms with van der Waals surface area (Å²) in [4.78, 5) is 9.16. The van der Waals surface area contributed by atoms with Crippen LogP contribution in [-0.2, 0) is 5.41 Å². The third-order valence-corrected chi connectivity index (χ3v) is 4.24. The van der Waals surface area contributed by atoms with Crippen molar-refractivity contribution < 1.29 is 0 Å². The van der Waals surface area contributed by atoms with E-state index in [0.717, 1.165) is 11.6 Å². The van der Waals surface area contributed by atoms with Gasteiger partial charge in [0, 0.05) is 17.5 Å². The largest absolute Gasteiger partial charge is 0.367 e. The van der Waals surface area contributed by atoms with Crippen LogP contribution in [0.5, 0.6) is 0 Å². The summed E-state index contributed by atoms with van der Waals surface area (Å²) in [5.41, 5.74) is 2.55. The summed E-state index contributed by atoms with van der Waals surface area (Å²) >= 11 is 0. The average molecular weight is 291 g/mol. The van der Waals surface area contributed by atoms with E-state index in [4.69, 9.17) is 10.8 Å². The Balaban J connectivity index is 2.22. The highest BCUT2D eigenvalue weighted by Crippen LogP contribution is 2.27. The molecule has 1 fully saturated rings. The number of aromatic nitrogens is 2. The van der Waals surface area contributed by atoms with Crippen LogP contribution in [0.15, 0.2) is 6.07 Å². The van der Waals surface area contributed by atoms with E-state index in [9.17, 15) is 0 Å². The number of hydrogen-bond donors (Lipinski definition) is 3. The van der Waals surface area contributed by atoms with E-state index in [1.807, 2.05) is 6.07 Å². The fraction of sp³-hybridized carbons (Fsp3) is 0.750. The van der Waals surface area contributed by atoms with Gasteiger partial charge in [-0.1, -0.05) is 47.0 Å². The van der Waals surface area contributed by atoms with Gasteiger partial charge in [-0.25, -0.2) is 15.8 Å². The molecule has 21 heavy (non-hydrogen) atoms. The Labute approximate surface area is 128 Å². The lowest BCUT2D eigenvalue weighted by atomic mass is 9.95. The molecule has 5 heteroatoms. The van der Waals surface area contributed by atoms with Crippen molar-refractivity contribution in [3.63, 3.8) is 0 Å². The third kappa shape index (κ3) is 4.30. The smallest absolute Gasteiger partial charge is 0.145 e. The van der Waals surface area contributed by atoms with Crippen LogP contribution in [-0.4, -0.2) is 16.0 Å². The molecule has 5 nitrogen and oxygen atoms in total. The van der Waals surface area contributed by atoms with Crippen LogP contribution in [0.2, 0.25) is 0 Å². The monoisotopic (exact) mass is 291 g/mol. The molecule has 1 aliphatic carbocycles. The first-order chi connectivity index (χ1) is 9.90. The maximum atomic E-state index is 5.55. The molecule has 1 aromatic rings. The highest BCUT2D eigenvalue weighted by Gasteiger charge is 2.23. The molecular formula is C16H29N5. The van der Waals surface area contributed by atoms with Gasteiger partial charge >= 0.3 is 0 Å². The lowest BCUT2D eigenvalue weighted by molar-refractivity contribution is 0.454. The van der Waals surface area contributed by atoms with E-state index >= 15 is 0 Å². The van der Waals surface area contributed by atoms with E-state index in [2.05, 4.69) is 43.4 Å². The van der Waals surface area contributed by atoms with E-state index in [1.54, 1.807) is 0 Å². The van der Waals surface area contributed by atoms with Crippen molar-refractivity contribution in [2.24, 2.45) is 11.8 Å². The molecule has 2 rings (SSSR count). The molecule has 0 saturated heterocycles. The second kappa shape index (κ2) is 6.60. The number of hydrogen-bond acceptors (Lipinski definition) is 5. The minimum Gasteiger partial charge on any atom is -0.367 e. The zero-order valence-corrected chi connectivity index (χ0v) is 13.7. The van der Waals surface area contributed by atoms with Crippen molar-refractivity contribution >= 4 is 11.6 Å². The first-order valence-electron chi connectivity index (χ1n) is 8.03. The predicted octanol–water partition coefficient (Wildman–Crippen LogP) is 3.44. The molecule has 0 amide bonds. The Kier molecular flexibility index (Phi) is 5.04. The minimum absolute atomic E-state index is 0.0988. The van der Waals surface area contributed by atoms with Crippen LogP contribution in [0, 0.1) is 5.92 Å². The number of anilines is 2. The van der Waals surface area contributed by atoms with Gasteiger partial charge in [-0.3, -0.25) is 0 Å². The van der Waals surface area contributed by atoms with Crippen molar-refractivity contribution in [2.75, 3.05) is 10.7 Å². The van der Waals surface area contributed by atoms with E-state index in [1.165, 1.54) is 32.1 Å². The minimum atomic E-state index is -0.0988. The molecule has 1 aromatic heterocycles. The average Bonchev–Trinajstić information content (AvgIpc) is 2.63. The molecule has 2 atom stereocenters. The second-order valence-electron chi connectivity index (χ2n) is 7.22. The predicted molar refractivity (Wildman–Crippen MR) is 88.2 cm³/mol. The van der Waals surface area contributed by atoms with E-state index < -0.39 is 0 Å². The number of nitrogens with two attached hydrogens (primary N) is 1. The van der Waals surface area contributed by atoms with Crippen LogP contribution in [0.25, 0.3) is 0 Å². The number of nitrogens with one attached hydrogen (secondary N) is 2. The molecule has 0 bridgehead atoms. The Hall–Kier alpha value is -1.36. The summed E-state index contributed by atoms with van der Waals surface area (Å²) in [6, 6.07) is 2.38. The highest BCUT2D eigenvalue weighted by molar-refractivity contribution is 5.48. The van der Waals surface area contributed by atoms with Gasteiger partial charge in [0.05, 0.1) is 0 Å². The normalized spacial score (nSPS) is 23.5. The number of nitrogens with zero attached hydrogens (tertiary/aromatic N) is 2. The van der Waals surface area contributed by atoms with Crippen molar-refractivity contribution in [1.29, 1.82) is 0 Å². The van der Waals surface area contributed by atoms with Gasteiger partial charge in [0.15, 0.2) is 0 Å². The van der Waals surface area contributed by atoms with Crippen molar-refractivity contribution in [3.05, 3.63) is 11.9 Å². The Bertz CT molecular complexity index is 466. The molecule has 118 valence electrons. The molecule has 0 aromatic carbocycles. The summed E-state index contributed by atoms with van der Waals surface area (Å²) in [5, 5.41) is 3.61. The molecular weight excluding hydrogens is 262 g/mol. The molecule has 0 radical (unpaired) electrons. The standard InChI is InChI=1S/C16H29N5/c1-11-8-6-5-7-9-12(11)18-13-10-14(21-17)20-15(19-13)16(2,3)4/h10-12H,5-9,17H2,1-4H3,(H2,18,19,20,21). The van der Waals surface area contributed by atoms with Gasteiger partial charge in [-0.2, -0.15) is 0 Å². The summed E-state index contributed by atoms with van der Waals surface area (Å²) in [6.07, 6.45) is 6.47. The quantitative estimate of drug-likeness (QED) is 0.452.